The quantitative estimate of drug-likeness (QED) is 0.0576. The lowest BCUT2D eigenvalue weighted by molar-refractivity contribution is 0.284. The predicted molar refractivity (Wildman–Crippen MR) is 180 cm³/mol. The second-order valence-electron chi connectivity index (χ2n) is 10.4. The minimum absolute atomic E-state index is 0.300. The molecule has 0 radical (unpaired) electrons. The van der Waals surface area contributed by atoms with Crippen molar-refractivity contribution in [3.8, 4) is 5.75 Å². The van der Waals surface area contributed by atoms with E-state index in [1.54, 1.807) is 0 Å². The van der Waals surface area contributed by atoms with Crippen LogP contribution in [0.4, 0.5) is 32.8 Å². The molecule has 24 nitrogen and oxygen atoms in total. The van der Waals surface area contributed by atoms with Gasteiger partial charge >= 0.3 is 10.4 Å². The molecule has 298 valence electrons. The molecule has 0 heterocycles. The van der Waals surface area contributed by atoms with Crippen LogP contribution in [-0.4, -0.2) is 90.7 Å². The Kier molecular flexibility index (Phi) is 11.6. The van der Waals surface area contributed by atoms with Crippen LogP contribution in [0.5, 0.6) is 5.75 Å². The molecule has 0 aliphatic rings. The van der Waals surface area contributed by atoms with Crippen LogP contribution in [0, 0.1) is 5.82 Å². The highest BCUT2D eigenvalue weighted by Crippen LogP contribution is 2.48. The Balaban J connectivity index is 1.99. The number of fused-ring (bicyclic) bond motifs is 1. The fourth-order valence-corrected chi connectivity index (χ4v) is 8.61. The van der Waals surface area contributed by atoms with E-state index in [-0.39, 0.29) is 0 Å². The van der Waals surface area contributed by atoms with Crippen LogP contribution in [0.1, 0.15) is 0 Å². The molecule has 0 saturated heterocycles. The first-order chi connectivity index (χ1) is 24.9. The third-order valence-electron chi connectivity index (χ3n) is 6.74. The van der Waals surface area contributed by atoms with E-state index >= 15 is 0 Å². The van der Waals surface area contributed by atoms with Gasteiger partial charge < -0.3 is 10.8 Å². The fraction of sp³-hybridized carbons (Fsp3) is 0.0833. The molecule has 0 bridgehead atoms. The summed E-state index contributed by atoms with van der Waals surface area (Å²) in [7, 11) is -31.2. The van der Waals surface area contributed by atoms with Gasteiger partial charge in [-0.1, -0.05) is 0 Å². The van der Waals surface area contributed by atoms with Crippen molar-refractivity contribution in [2.45, 2.75) is 24.5 Å². The maximum absolute atomic E-state index is 13.9. The zero-order valence-corrected chi connectivity index (χ0v) is 31.1. The number of benzene rings is 4. The molecule has 0 atom stereocenters. The standard InChI is InChI=1S/C24H20FN5O19S6/c25-12-1-4-16(51(34,35)36)15(9-12)28-29-22-18(53(40,41)42)7-11-8-19(54(43,44)45)23(24(31)20(11)21(22)26)30-27-14-3-2-13(10-17(14)52(37,38)39)50(32,33)6-5-49-55(46,47)48/h1-4,7-10,31H,5-6,26H2,(H,34,35,36)(H,37,38,39)(H,40,41,42)(H,43,44,45)(H,46,47,48). The number of nitrogen functional groups attached to an aromatic ring is 1. The average Bonchev–Trinajstić information content (AvgIpc) is 3.00. The second-order valence-corrected chi connectivity index (χ2v) is 19.2. The van der Waals surface area contributed by atoms with Gasteiger partial charge in [0, 0.05) is 6.07 Å². The third-order valence-corrected chi connectivity index (χ3v) is 12.4. The number of phenolic OH excluding ortho intramolecular Hbond substituents is 1. The highest BCUT2D eigenvalue weighted by Gasteiger charge is 2.29. The molecule has 0 aromatic heterocycles. The Morgan fingerprint density at radius 3 is 1.64 bits per heavy atom. The summed E-state index contributed by atoms with van der Waals surface area (Å²) in [5.74, 6) is -3.69. The Morgan fingerprint density at radius 2 is 1.11 bits per heavy atom. The first kappa shape index (κ1) is 43.1. The number of halogens is 1. The van der Waals surface area contributed by atoms with E-state index in [4.69, 9.17) is 10.3 Å². The molecule has 0 aliphatic heterocycles. The highest BCUT2D eigenvalue weighted by atomic mass is 32.3. The van der Waals surface area contributed by atoms with Crippen LogP contribution in [0.25, 0.3) is 10.8 Å². The lowest BCUT2D eigenvalue weighted by Gasteiger charge is -2.14. The third kappa shape index (κ3) is 9.96. The summed E-state index contributed by atoms with van der Waals surface area (Å²) in [6.07, 6.45) is 0. The summed E-state index contributed by atoms with van der Waals surface area (Å²) in [4.78, 5) is -5.95. The molecular weight excluding hydrogens is 874 g/mol. The molecule has 4 rings (SSSR count). The van der Waals surface area contributed by atoms with E-state index in [2.05, 4.69) is 24.6 Å². The van der Waals surface area contributed by atoms with Crippen LogP contribution in [0.3, 0.4) is 0 Å². The van der Waals surface area contributed by atoms with Crippen molar-refractivity contribution in [2.24, 2.45) is 20.5 Å². The average molecular weight is 894 g/mol. The maximum Gasteiger partial charge on any atom is 0.397 e. The van der Waals surface area contributed by atoms with Crippen LogP contribution in [0.15, 0.2) is 93.5 Å². The summed E-state index contributed by atoms with van der Waals surface area (Å²) in [6, 6.07) is 3.94. The van der Waals surface area contributed by atoms with Gasteiger partial charge in [-0.3, -0.25) is 22.8 Å². The minimum Gasteiger partial charge on any atom is -0.505 e. The van der Waals surface area contributed by atoms with Gasteiger partial charge in [-0.05, 0) is 47.9 Å². The van der Waals surface area contributed by atoms with Gasteiger partial charge in [0.05, 0.1) is 28.3 Å². The van der Waals surface area contributed by atoms with Gasteiger partial charge in [0.2, 0.25) is 0 Å². The Bertz CT molecular complexity index is 3030. The summed E-state index contributed by atoms with van der Waals surface area (Å²) in [5, 5.41) is 23.3. The van der Waals surface area contributed by atoms with Gasteiger partial charge in [0.15, 0.2) is 15.6 Å². The van der Waals surface area contributed by atoms with Crippen molar-refractivity contribution in [3.05, 3.63) is 54.3 Å². The summed E-state index contributed by atoms with van der Waals surface area (Å²) in [6.45, 7) is -1.14. The molecule has 4 aromatic carbocycles. The van der Waals surface area contributed by atoms with E-state index in [0.717, 1.165) is 0 Å². The topological polar surface area (TPSA) is 411 Å². The number of nitrogens with zero attached hydrogens (tertiary/aromatic N) is 4. The molecule has 0 unspecified atom stereocenters. The zero-order valence-electron chi connectivity index (χ0n) is 26.2. The molecule has 31 heteroatoms. The number of nitrogens with two attached hydrogens (primary N) is 1. The number of hydrogen-bond donors (Lipinski definition) is 7. The van der Waals surface area contributed by atoms with E-state index in [1.807, 2.05) is 0 Å². The van der Waals surface area contributed by atoms with Crippen LogP contribution >= 0.6 is 0 Å². The number of anilines is 1. The van der Waals surface area contributed by atoms with Gasteiger partial charge in [-0.15, -0.1) is 20.5 Å². The number of sulfone groups is 1. The normalized spacial score (nSPS) is 13.6. The minimum atomic E-state index is -5.52. The molecule has 4 aromatic rings. The SMILES string of the molecule is Nc1c(N=Nc2cc(F)ccc2S(=O)(=O)O)c(S(=O)(=O)O)cc2cc(S(=O)(=O)O)c(N=Nc3ccc(S(=O)(=O)CCOS(=O)(=O)O)cc3S(=O)(=O)O)c(O)c12. The largest absolute Gasteiger partial charge is 0.505 e. The number of azo groups is 2. The molecule has 0 spiro atoms. The number of hydrogen-bond acceptors (Lipinski definition) is 19. The zero-order chi connectivity index (χ0) is 41.7. The predicted octanol–water partition coefficient (Wildman–Crippen LogP) is 2.68. The van der Waals surface area contributed by atoms with Crippen molar-refractivity contribution < 1.29 is 87.0 Å². The summed E-state index contributed by atoms with van der Waals surface area (Å²) in [5.41, 5.74) is 0.697. The summed E-state index contributed by atoms with van der Waals surface area (Å²) < 4.78 is 209. The van der Waals surface area contributed by atoms with Crippen molar-refractivity contribution in [2.75, 3.05) is 18.1 Å². The van der Waals surface area contributed by atoms with Crippen molar-refractivity contribution in [1.82, 2.24) is 0 Å². The molecule has 8 N–H and O–H groups in total. The first-order valence-corrected chi connectivity index (χ1v) is 22.3. The molecule has 0 fully saturated rings. The Hall–Kier alpha value is -4.67. The number of rotatable bonds is 13. The lowest BCUT2D eigenvalue weighted by Crippen LogP contribution is -2.16. The Morgan fingerprint density at radius 1 is 0.600 bits per heavy atom. The van der Waals surface area contributed by atoms with E-state index in [9.17, 15) is 78.2 Å². The lowest BCUT2D eigenvalue weighted by atomic mass is 10.1. The molecule has 0 saturated carbocycles. The monoisotopic (exact) mass is 893 g/mol. The summed E-state index contributed by atoms with van der Waals surface area (Å²) >= 11 is 0. The number of phenols is 1. The van der Waals surface area contributed by atoms with E-state index in [0.29, 0.717) is 48.5 Å². The van der Waals surface area contributed by atoms with Crippen LogP contribution < -0.4 is 5.73 Å². The van der Waals surface area contributed by atoms with Gasteiger partial charge in [0.25, 0.3) is 40.5 Å². The Labute approximate surface area is 308 Å². The van der Waals surface area contributed by atoms with Crippen molar-refractivity contribution >= 4 is 99.9 Å². The molecule has 0 amide bonds. The van der Waals surface area contributed by atoms with E-state index < -0.39 is 148 Å². The van der Waals surface area contributed by atoms with Gasteiger partial charge in [0.1, 0.15) is 48.1 Å². The smallest absolute Gasteiger partial charge is 0.397 e. The van der Waals surface area contributed by atoms with Crippen LogP contribution in [0.2, 0.25) is 0 Å². The maximum atomic E-state index is 13.9. The van der Waals surface area contributed by atoms with Crippen LogP contribution in [-0.2, 0) is 64.9 Å². The van der Waals surface area contributed by atoms with Gasteiger partial charge in [-0.2, -0.15) is 42.1 Å². The molecule has 55 heavy (non-hydrogen) atoms. The number of aromatic hydroxyl groups is 1. The first-order valence-electron chi connectivity index (χ1n) is 13.6. The molecular formula is C24H20FN5O19S6. The van der Waals surface area contributed by atoms with Gasteiger partial charge in [-0.25, -0.2) is 17.0 Å². The van der Waals surface area contributed by atoms with Crippen molar-refractivity contribution in [1.29, 1.82) is 0 Å². The fourth-order valence-electron chi connectivity index (χ4n) is 4.44. The van der Waals surface area contributed by atoms with Crippen molar-refractivity contribution in [3.63, 3.8) is 0 Å². The van der Waals surface area contributed by atoms with E-state index in [1.165, 1.54) is 0 Å². The highest BCUT2D eigenvalue weighted by molar-refractivity contribution is 7.91. The second kappa shape index (κ2) is 14.8. The molecule has 0 aliphatic carbocycles.